The van der Waals surface area contributed by atoms with E-state index in [0.717, 1.165) is 11.2 Å². The van der Waals surface area contributed by atoms with Gasteiger partial charge in [0.25, 0.3) is 0 Å². The maximum absolute atomic E-state index is 5.91. The smallest absolute Gasteiger partial charge is 0.215 e. The van der Waals surface area contributed by atoms with E-state index in [2.05, 4.69) is 15.0 Å². The Bertz CT molecular complexity index is 676. The molecule has 3 heterocycles. The fraction of sp³-hybridized carbons (Fsp3) is 0.182. The van der Waals surface area contributed by atoms with Crippen LogP contribution in [0.3, 0.4) is 0 Å². The third-order valence-electron chi connectivity index (χ3n) is 2.61. The van der Waals surface area contributed by atoms with Crippen LogP contribution in [0.25, 0.3) is 11.2 Å². The van der Waals surface area contributed by atoms with Gasteiger partial charge in [-0.05, 0) is 6.07 Å². The van der Waals surface area contributed by atoms with E-state index in [1.54, 1.807) is 30.0 Å². The van der Waals surface area contributed by atoms with Crippen LogP contribution in [0.1, 0.15) is 5.69 Å². The lowest BCUT2D eigenvalue weighted by Gasteiger charge is -2.04. The summed E-state index contributed by atoms with van der Waals surface area (Å²) < 4.78 is 6.94. The topological polar surface area (TPSA) is 78.9 Å². The summed E-state index contributed by atoms with van der Waals surface area (Å²) >= 11 is 1.55. The molecule has 3 aromatic heterocycles. The van der Waals surface area contributed by atoms with Crippen LogP contribution in [0.2, 0.25) is 0 Å². The lowest BCUT2D eigenvalue weighted by Crippen LogP contribution is -2.05. The first kappa shape index (κ1) is 11.0. The van der Waals surface area contributed by atoms with Crippen molar-refractivity contribution in [2.45, 2.75) is 6.54 Å². The highest BCUT2D eigenvalue weighted by molar-refractivity contribution is 7.07. The minimum Gasteiger partial charge on any atom is -0.481 e. The Kier molecular flexibility index (Phi) is 2.60. The maximum Gasteiger partial charge on any atom is 0.215 e. The lowest BCUT2D eigenvalue weighted by molar-refractivity contribution is 0.399. The van der Waals surface area contributed by atoms with Gasteiger partial charge in [0.15, 0.2) is 5.65 Å². The van der Waals surface area contributed by atoms with Crippen molar-refractivity contribution in [3.8, 4) is 5.88 Å². The van der Waals surface area contributed by atoms with Crippen LogP contribution in [0.5, 0.6) is 5.88 Å². The first-order valence-corrected chi connectivity index (χ1v) is 6.26. The van der Waals surface area contributed by atoms with Crippen LogP contribution < -0.4 is 10.5 Å². The summed E-state index contributed by atoms with van der Waals surface area (Å²) in [5.41, 5.74) is 10.1. The summed E-state index contributed by atoms with van der Waals surface area (Å²) in [6, 6.07) is 3.61. The number of thiazole rings is 1. The second-order valence-corrected chi connectivity index (χ2v) is 4.45. The van der Waals surface area contributed by atoms with Crippen molar-refractivity contribution in [3.05, 3.63) is 28.7 Å². The van der Waals surface area contributed by atoms with Crippen molar-refractivity contribution >= 4 is 28.4 Å². The maximum atomic E-state index is 5.91. The number of pyridine rings is 1. The quantitative estimate of drug-likeness (QED) is 0.773. The molecule has 0 radical (unpaired) electrons. The van der Waals surface area contributed by atoms with Crippen molar-refractivity contribution in [3.63, 3.8) is 0 Å². The molecule has 0 bridgehead atoms. The van der Waals surface area contributed by atoms with Crippen LogP contribution in [-0.2, 0) is 6.54 Å². The molecule has 7 heteroatoms. The number of nitrogens with two attached hydrogens (primary N) is 1. The highest BCUT2D eigenvalue weighted by Crippen LogP contribution is 2.20. The summed E-state index contributed by atoms with van der Waals surface area (Å²) in [4.78, 5) is 12.9. The Hall–Kier alpha value is -2.15. The molecule has 3 rings (SSSR count). The fourth-order valence-corrected chi connectivity index (χ4v) is 2.30. The Morgan fingerprint density at radius 1 is 1.39 bits per heavy atom. The molecule has 2 N–H and O–H groups in total. The fourth-order valence-electron chi connectivity index (χ4n) is 1.75. The predicted molar refractivity (Wildman–Crippen MR) is 69.7 cm³/mol. The van der Waals surface area contributed by atoms with Crippen LogP contribution in [0.15, 0.2) is 23.0 Å². The number of imidazole rings is 1. The van der Waals surface area contributed by atoms with E-state index in [4.69, 9.17) is 10.5 Å². The molecule has 0 amide bonds. The zero-order valence-corrected chi connectivity index (χ0v) is 10.5. The Morgan fingerprint density at radius 2 is 2.28 bits per heavy atom. The first-order valence-electron chi connectivity index (χ1n) is 5.32. The van der Waals surface area contributed by atoms with Gasteiger partial charge in [0.05, 0.1) is 24.9 Å². The van der Waals surface area contributed by atoms with Crippen molar-refractivity contribution in [2.24, 2.45) is 0 Å². The van der Waals surface area contributed by atoms with E-state index in [9.17, 15) is 0 Å². The predicted octanol–water partition coefficient (Wildman–Crippen LogP) is 1.53. The molecule has 0 aliphatic heterocycles. The molecular weight excluding hydrogens is 250 g/mol. The molecule has 0 atom stereocenters. The SMILES string of the molecule is COc1ccc2nc(N)n(Cc3cscn3)c2n1. The molecule has 0 aliphatic rings. The molecule has 92 valence electrons. The van der Waals surface area contributed by atoms with E-state index in [0.29, 0.717) is 24.0 Å². The number of fused-ring (bicyclic) bond motifs is 1. The van der Waals surface area contributed by atoms with Gasteiger partial charge in [0.1, 0.15) is 5.52 Å². The second kappa shape index (κ2) is 4.26. The van der Waals surface area contributed by atoms with Gasteiger partial charge < -0.3 is 10.5 Å². The van der Waals surface area contributed by atoms with Gasteiger partial charge in [-0.2, -0.15) is 4.98 Å². The lowest BCUT2D eigenvalue weighted by atomic mass is 10.4. The monoisotopic (exact) mass is 261 g/mol. The Balaban J connectivity index is 2.11. The van der Waals surface area contributed by atoms with Gasteiger partial charge in [0, 0.05) is 11.4 Å². The zero-order chi connectivity index (χ0) is 12.5. The number of ether oxygens (including phenoxy) is 1. The van der Waals surface area contributed by atoms with Crippen LogP contribution in [0, 0.1) is 0 Å². The summed E-state index contributed by atoms with van der Waals surface area (Å²) in [7, 11) is 1.58. The minimum atomic E-state index is 0.429. The average Bonchev–Trinajstić information content (AvgIpc) is 2.99. The Labute approximate surface area is 107 Å². The minimum absolute atomic E-state index is 0.429. The molecule has 0 saturated carbocycles. The molecule has 0 saturated heterocycles. The molecule has 0 spiro atoms. The van der Waals surface area contributed by atoms with Gasteiger partial charge in [-0.15, -0.1) is 11.3 Å². The summed E-state index contributed by atoms with van der Waals surface area (Å²) in [6.45, 7) is 0.562. The van der Waals surface area contributed by atoms with Crippen molar-refractivity contribution in [1.29, 1.82) is 0 Å². The van der Waals surface area contributed by atoms with Gasteiger partial charge in [-0.3, -0.25) is 4.57 Å². The number of methoxy groups -OCH3 is 1. The number of nitrogens with zero attached hydrogens (tertiary/aromatic N) is 4. The largest absolute Gasteiger partial charge is 0.481 e. The molecule has 0 fully saturated rings. The van der Waals surface area contributed by atoms with E-state index in [1.165, 1.54) is 0 Å². The van der Waals surface area contributed by atoms with Gasteiger partial charge >= 0.3 is 0 Å². The second-order valence-electron chi connectivity index (χ2n) is 3.73. The highest BCUT2D eigenvalue weighted by atomic mass is 32.1. The number of hydrogen-bond acceptors (Lipinski definition) is 6. The van der Waals surface area contributed by atoms with Crippen LogP contribution in [-0.4, -0.2) is 26.6 Å². The third-order valence-corrected chi connectivity index (χ3v) is 3.24. The van der Waals surface area contributed by atoms with Crippen molar-refractivity contribution < 1.29 is 4.74 Å². The average molecular weight is 261 g/mol. The number of nitrogen functional groups attached to an aromatic ring is 1. The molecule has 3 aromatic rings. The molecule has 18 heavy (non-hydrogen) atoms. The standard InChI is InChI=1S/C11H11N5OS/c1-17-9-3-2-8-10(15-9)16(11(12)14-8)4-7-5-18-6-13-7/h2-3,5-6H,4H2,1H3,(H2,12,14). The number of anilines is 1. The van der Waals surface area contributed by atoms with Crippen LogP contribution in [0.4, 0.5) is 5.95 Å². The van der Waals surface area contributed by atoms with Gasteiger partial charge in [0.2, 0.25) is 11.8 Å². The molecule has 0 aromatic carbocycles. The van der Waals surface area contributed by atoms with Crippen molar-refractivity contribution in [1.82, 2.24) is 19.5 Å². The Morgan fingerprint density at radius 3 is 3.00 bits per heavy atom. The van der Waals surface area contributed by atoms with Gasteiger partial charge in [-0.1, -0.05) is 0 Å². The van der Waals surface area contributed by atoms with E-state index >= 15 is 0 Å². The highest BCUT2D eigenvalue weighted by Gasteiger charge is 2.11. The van der Waals surface area contributed by atoms with E-state index in [-0.39, 0.29) is 0 Å². The third kappa shape index (κ3) is 1.78. The van der Waals surface area contributed by atoms with E-state index in [1.807, 2.05) is 16.0 Å². The molecule has 0 aliphatic carbocycles. The summed E-state index contributed by atoms with van der Waals surface area (Å²) in [5.74, 6) is 0.973. The van der Waals surface area contributed by atoms with E-state index < -0.39 is 0 Å². The van der Waals surface area contributed by atoms with Crippen molar-refractivity contribution in [2.75, 3.05) is 12.8 Å². The molecule has 6 nitrogen and oxygen atoms in total. The van der Waals surface area contributed by atoms with Gasteiger partial charge in [-0.25, -0.2) is 9.97 Å². The number of hydrogen-bond donors (Lipinski definition) is 1. The zero-order valence-electron chi connectivity index (χ0n) is 9.70. The normalized spacial score (nSPS) is 10.9. The number of aromatic nitrogens is 4. The summed E-state index contributed by atoms with van der Waals surface area (Å²) in [6.07, 6.45) is 0. The molecular formula is C11H11N5OS. The molecule has 0 unspecified atom stereocenters. The first-order chi connectivity index (χ1) is 8.78. The number of rotatable bonds is 3. The summed E-state index contributed by atoms with van der Waals surface area (Å²) in [5, 5.41) is 1.98. The van der Waals surface area contributed by atoms with Crippen LogP contribution >= 0.6 is 11.3 Å².